The first kappa shape index (κ1) is 44.7. The number of likely N-dealkylation sites (tertiary alicyclic amines) is 2. The van der Waals surface area contributed by atoms with Crippen molar-refractivity contribution in [2.45, 2.75) is 71.0 Å². The number of ether oxygens (including phenoxy) is 2. The topological polar surface area (TPSA) is 177 Å². The summed E-state index contributed by atoms with van der Waals surface area (Å²) < 4.78 is 16.1. The standard InChI is InChI=1S/C50H54ClN7O8/c1-29-44(30(2)55(3)54-29)45-38(51)17-16-35-34(13-8-26-65-40-14-6-10-31-9-4-5-11-33(31)40)47(50(63)64)57(46(35)45)25-24-56-22-20-32(21-23-56)52-43(60)28-66-41-15-7-12-36-37(41)27-58(49(36)62)39-18-19-42(59)53-48(39)61/h4-7,9-12,14-17,32,36-37,39H,8,13,18-28H2,1-3H3,(H,52,60)(H,63,64)(H,53,59,61). The highest BCUT2D eigenvalue weighted by Crippen LogP contribution is 2.42. The lowest BCUT2D eigenvalue weighted by molar-refractivity contribution is -0.144. The van der Waals surface area contributed by atoms with Gasteiger partial charge in [-0.1, -0.05) is 66.2 Å². The van der Waals surface area contributed by atoms with Gasteiger partial charge in [-0.05, 0) is 75.1 Å². The first-order chi connectivity index (χ1) is 31.9. The summed E-state index contributed by atoms with van der Waals surface area (Å²) in [5.41, 5.74) is 5.12. The molecule has 0 spiro atoms. The summed E-state index contributed by atoms with van der Waals surface area (Å²) in [5, 5.41) is 24.6. The molecule has 0 bridgehead atoms. The van der Waals surface area contributed by atoms with Crippen molar-refractivity contribution in [3.05, 3.63) is 106 Å². The average Bonchev–Trinajstić information content (AvgIpc) is 3.90. The minimum absolute atomic E-state index is 0.0759. The van der Waals surface area contributed by atoms with Crippen molar-refractivity contribution >= 4 is 62.9 Å². The number of imide groups is 1. The van der Waals surface area contributed by atoms with Crippen molar-refractivity contribution in [1.29, 1.82) is 0 Å². The van der Waals surface area contributed by atoms with E-state index in [0.717, 1.165) is 55.5 Å². The van der Waals surface area contributed by atoms with E-state index < -0.39 is 23.8 Å². The van der Waals surface area contributed by atoms with Gasteiger partial charge in [-0.15, -0.1) is 0 Å². The summed E-state index contributed by atoms with van der Waals surface area (Å²) in [4.78, 5) is 68.0. The Morgan fingerprint density at radius 3 is 2.50 bits per heavy atom. The number of aromatic nitrogens is 3. The maximum Gasteiger partial charge on any atom is 0.352 e. The third kappa shape index (κ3) is 8.69. The molecule has 3 aromatic carbocycles. The summed E-state index contributed by atoms with van der Waals surface area (Å²) in [5.74, 6) is -1.80. The van der Waals surface area contributed by atoms with Crippen molar-refractivity contribution in [2.24, 2.45) is 18.9 Å². The molecule has 1 aliphatic carbocycles. The van der Waals surface area contributed by atoms with Gasteiger partial charge in [0, 0.05) is 85.7 Å². The monoisotopic (exact) mass is 915 g/mol. The van der Waals surface area contributed by atoms with Crippen molar-refractivity contribution < 1.29 is 38.6 Å². The van der Waals surface area contributed by atoms with Crippen LogP contribution < -0.4 is 15.4 Å². The maximum atomic E-state index is 13.4. The third-order valence-electron chi connectivity index (χ3n) is 13.7. The van der Waals surface area contributed by atoms with Crippen LogP contribution in [0, 0.1) is 25.7 Å². The Morgan fingerprint density at radius 2 is 1.74 bits per heavy atom. The van der Waals surface area contributed by atoms with E-state index >= 15 is 0 Å². The van der Waals surface area contributed by atoms with Gasteiger partial charge in [0.2, 0.25) is 17.7 Å². The molecule has 5 heterocycles. The number of hydrogen-bond acceptors (Lipinski definition) is 9. The highest BCUT2D eigenvalue weighted by Gasteiger charge is 2.47. The number of fused-ring (bicyclic) bond motifs is 3. The average molecular weight is 916 g/mol. The first-order valence-corrected chi connectivity index (χ1v) is 23.1. The van der Waals surface area contributed by atoms with Gasteiger partial charge in [-0.25, -0.2) is 4.79 Å². The van der Waals surface area contributed by atoms with E-state index in [4.69, 9.17) is 26.2 Å². The molecule has 4 amide bonds. The van der Waals surface area contributed by atoms with Crippen LogP contribution in [-0.2, 0) is 43.9 Å². The zero-order valence-electron chi connectivity index (χ0n) is 37.3. The minimum atomic E-state index is -1.01. The van der Waals surface area contributed by atoms with Crippen LogP contribution in [0.25, 0.3) is 32.8 Å². The number of rotatable bonds is 15. The summed E-state index contributed by atoms with van der Waals surface area (Å²) >= 11 is 7.08. The van der Waals surface area contributed by atoms with Crippen LogP contribution in [0.5, 0.6) is 5.75 Å². The van der Waals surface area contributed by atoms with E-state index in [1.54, 1.807) is 18.2 Å². The fourth-order valence-corrected chi connectivity index (χ4v) is 10.6. The molecular weight excluding hydrogens is 862 g/mol. The molecule has 15 nitrogen and oxygen atoms in total. The number of benzene rings is 3. The molecule has 2 aromatic heterocycles. The predicted molar refractivity (Wildman–Crippen MR) is 249 cm³/mol. The van der Waals surface area contributed by atoms with E-state index in [-0.39, 0.29) is 61.4 Å². The Balaban J connectivity index is 0.858. The number of halogens is 1. The number of carboxylic acid groups (broad SMARTS) is 1. The quantitative estimate of drug-likeness (QED) is 0.0821. The zero-order chi connectivity index (χ0) is 46.2. The molecule has 66 heavy (non-hydrogen) atoms. The Hall–Kier alpha value is -6.45. The number of allylic oxidation sites excluding steroid dienone is 2. The fraction of sp³-hybridized carbons (Fsp3) is 0.400. The third-order valence-corrected chi connectivity index (χ3v) is 14.0. The van der Waals surface area contributed by atoms with Gasteiger partial charge in [0.15, 0.2) is 6.61 Å². The number of aryl methyl sites for hydroxylation is 3. The highest BCUT2D eigenvalue weighted by atomic mass is 35.5. The zero-order valence-corrected chi connectivity index (χ0v) is 38.1. The van der Waals surface area contributed by atoms with Gasteiger partial charge in [0.05, 0.1) is 28.8 Å². The number of carbonyl (C=O) groups is 5. The summed E-state index contributed by atoms with van der Waals surface area (Å²) in [6, 6.07) is 17.1. The Labute approximate surface area is 387 Å². The van der Waals surface area contributed by atoms with Gasteiger partial charge in [-0.2, -0.15) is 5.10 Å². The van der Waals surface area contributed by atoms with E-state index in [9.17, 15) is 29.1 Å². The second kappa shape index (κ2) is 18.8. The Bertz CT molecular complexity index is 2810. The van der Waals surface area contributed by atoms with Gasteiger partial charge in [0.25, 0.3) is 5.91 Å². The van der Waals surface area contributed by atoms with E-state index in [1.807, 2.05) is 72.6 Å². The van der Waals surface area contributed by atoms with Crippen molar-refractivity contribution in [3.8, 4) is 16.9 Å². The number of piperidine rings is 2. The van der Waals surface area contributed by atoms with Gasteiger partial charge in [-0.3, -0.25) is 29.2 Å². The smallest absolute Gasteiger partial charge is 0.352 e. The second-order valence-corrected chi connectivity index (χ2v) is 18.1. The molecule has 3 saturated heterocycles. The summed E-state index contributed by atoms with van der Waals surface area (Å²) in [6.45, 7) is 6.75. The number of nitrogens with zero attached hydrogens (tertiary/aromatic N) is 5. The van der Waals surface area contributed by atoms with E-state index in [0.29, 0.717) is 69.3 Å². The SMILES string of the molecule is Cc1nn(C)c(C)c1-c1c(Cl)ccc2c(CCCOc3cccc4ccccc34)c(C(=O)O)n(CCN3CCC(NC(=O)COC4=CC=CC5C(=O)N(C6CCC(=O)NC6=O)CC45)CC3)c12. The van der Waals surface area contributed by atoms with E-state index in [1.165, 1.54) is 4.90 Å². The fourth-order valence-electron chi connectivity index (χ4n) is 10.4. The number of amides is 4. The summed E-state index contributed by atoms with van der Waals surface area (Å²) in [7, 11) is 1.89. The summed E-state index contributed by atoms with van der Waals surface area (Å²) in [6.07, 6.45) is 8.21. The number of aromatic carboxylic acids is 1. The molecule has 3 atom stereocenters. The molecule has 3 aliphatic heterocycles. The van der Waals surface area contributed by atoms with Crippen LogP contribution in [0.3, 0.4) is 0 Å². The predicted octanol–water partition coefficient (Wildman–Crippen LogP) is 6.11. The number of hydrogen-bond donors (Lipinski definition) is 3. The van der Waals surface area contributed by atoms with Gasteiger partial charge >= 0.3 is 5.97 Å². The molecule has 3 unspecified atom stereocenters. The van der Waals surface area contributed by atoms with Crippen molar-refractivity contribution in [2.75, 3.05) is 39.4 Å². The van der Waals surface area contributed by atoms with Gasteiger partial charge < -0.3 is 34.3 Å². The number of carboxylic acids is 1. The van der Waals surface area contributed by atoms with Crippen LogP contribution in [0.2, 0.25) is 5.02 Å². The molecule has 5 aromatic rings. The molecule has 0 saturated carbocycles. The first-order valence-electron chi connectivity index (χ1n) is 22.7. The molecule has 3 N–H and O–H groups in total. The van der Waals surface area contributed by atoms with Crippen LogP contribution >= 0.6 is 11.6 Å². The van der Waals surface area contributed by atoms with Crippen molar-refractivity contribution in [3.63, 3.8) is 0 Å². The lowest BCUT2D eigenvalue weighted by Gasteiger charge is -2.32. The van der Waals surface area contributed by atoms with Crippen LogP contribution in [0.15, 0.2) is 78.6 Å². The van der Waals surface area contributed by atoms with Gasteiger partial charge in [0.1, 0.15) is 23.2 Å². The van der Waals surface area contributed by atoms with E-state index in [2.05, 4.69) is 27.7 Å². The highest BCUT2D eigenvalue weighted by molar-refractivity contribution is 6.35. The molecule has 9 rings (SSSR count). The number of carbonyl (C=O) groups excluding carboxylic acids is 4. The lowest BCUT2D eigenvalue weighted by atomic mass is 9.89. The molecular formula is C50H54ClN7O8. The Kier molecular flexibility index (Phi) is 12.7. The normalized spacial score (nSPS) is 20.2. The lowest BCUT2D eigenvalue weighted by Crippen LogP contribution is -2.53. The molecule has 0 radical (unpaired) electrons. The molecule has 4 aliphatic rings. The number of nitrogens with one attached hydrogen (secondary N) is 2. The Morgan fingerprint density at radius 1 is 0.955 bits per heavy atom. The second-order valence-electron chi connectivity index (χ2n) is 17.7. The van der Waals surface area contributed by atoms with Crippen LogP contribution in [-0.4, -0.2) is 110 Å². The molecule has 16 heteroatoms. The molecule has 344 valence electrons. The maximum absolute atomic E-state index is 13.4. The molecule has 3 fully saturated rings. The van der Waals surface area contributed by atoms with Crippen LogP contribution in [0.4, 0.5) is 0 Å². The largest absolute Gasteiger partial charge is 0.493 e. The van der Waals surface area contributed by atoms with Crippen LogP contribution in [0.1, 0.15) is 59.5 Å². The van der Waals surface area contributed by atoms with Crippen molar-refractivity contribution in [1.82, 2.24) is 34.8 Å². The minimum Gasteiger partial charge on any atom is -0.493 e.